The number of esters is 1. The van der Waals surface area contributed by atoms with Crippen molar-refractivity contribution in [3.63, 3.8) is 0 Å². The van der Waals surface area contributed by atoms with Crippen LogP contribution in [0, 0.1) is 6.92 Å². The Labute approximate surface area is 118 Å². The van der Waals surface area contributed by atoms with Crippen LogP contribution in [0.5, 0.6) is 0 Å². The number of anilines is 1. The second-order valence-corrected chi connectivity index (χ2v) is 4.24. The molecule has 2 N–H and O–H groups in total. The summed E-state index contributed by atoms with van der Waals surface area (Å²) >= 11 is 0. The van der Waals surface area contributed by atoms with Gasteiger partial charge in [-0.1, -0.05) is 10.3 Å². The Hall–Kier alpha value is -3.03. The molecule has 0 unspecified atom stereocenters. The summed E-state index contributed by atoms with van der Waals surface area (Å²) in [7, 11) is 0. The van der Waals surface area contributed by atoms with Gasteiger partial charge in [-0.05, 0) is 19.1 Å². The van der Waals surface area contributed by atoms with E-state index in [9.17, 15) is 4.79 Å². The molecule has 21 heavy (non-hydrogen) atoms. The summed E-state index contributed by atoms with van der Waals surface area (Å²) < 4.78 is 20.1. The van der Waals surface area contributed by atoms with E-state index in [4.69, 9.17) is 23.9 Å². The average molecular weight is 289 g/mol. The van der Waals surface area contributed by atoms with E-state index in [0.717, 1.165) is 0 Å². The van der Waals surface area contributed by atoms with E-state index in [1.165, 1.54) is 6.26 Å². The van der Waals surface area contributed by atoms with Crippen LogP contribution < -0.4 is 5.73 Å². The summed E-state index contributed by atoms with van der Waals surface area (Å²) in [4.78, 5) is 11.9. The molecule has 0 spiro atoms. The molecule has 0 amide bonds. The SMILES string of the molecule is Cc1noc(N)c1C(=O)OCc1cc(-c2ccco2)on1. The molecule has 0 saturated heterocycles. The first-order valence-electron chi connectivity index (χ1n) is 6.03. The predicted octanol–water partition coefficient (Wildman–Crippen LogP) is 2.17. The third-order valence-electron chi connectivity index (χ3n) is 2.77. The highest BCUT2D eigenvalue weighted by atomic mass is 16.5. The molecule has 0 bridgehead atoms. The second kappa shape index (κ2) is 5.16. The zero-order chi connectivity index (χ0) is 14.8. The molecule has 3 heterocycles. The largest absolute Gasteiger partial charge is 0.461 e. The van der Waals surface area contributed by atoms with Crippen molar-refractivity contribution in [2.75, 3.05) is 5.73 Å². The van der Waals surface area contributed by atoms with Gasteiger partial charge in [-0.3, -0.25) is 0 Å². The average Bonchev–Trinajstić information content (AvgIpc) is 3.17. The van der Waals surface area contributed by atoms with Crippen molar-refractivity contribution in [3.8, 4) is 11.5 Å². The van der Waals surface area contributed by atoms with Crippen molar-refractivity contribution in [2.45, 2.75) is 13.5 Å². The van der Waals surface area contributed by atoms with Crippen LogP contribution in [0.1, 0.15) is 21.7 Å². The monoisotopic (exact) mass is 289 g/mol. The number of aryl methyl sites for hydroxylation is 1. The number of carbonyl (C=O) groups is 1. The Bertz CT molecular complexity index is 737. The summed E-state index contributed by atoms with van der Waals surface area (Å²) in [5.74, 6) is 0.286. The van der Waals surface area contributed by atoms with Crippen molar-refractivity contribution in [3.05, 3.63) is 41.4 Å². The smallest absolute Gasteiger partial charge is 0.346 e. The molecule has 0 aliphatic rings. The first-order chi connectivity index (χ1) is 10.1. The number of nitrogen functional groups attached to an aromatic ring is 1. The molecule has 0 atom stereocenters. The quantitative estimate of drug-likeness (QED) is 0.726. The molecule has 8 heteroatoms. The zero-order valence-electron chi connectivity index (χ0n) is 11.0. The molecule has 0 saturated carbocycles. The van der Waals surface area contributed by atoms with Crippen molar-refractivity contribution < 1.29 is 23.0 Å². The van der Waals surface area contributed by atoms with Crippen molar-refractivity contribution >= 4 is 11.9 Å². The van der Waals surface area contributed by atoms with Gasteiger partial charge < -0.3 is 23.9 Å². The van der Waals surface area contributed by atoms with E-state index in [-0.39, 0.29) is 18.1 Å². The Morgan fingerprint density at radius 3 is 2.86 bits per heavy atom. The molecule has 3 rings (SSSR count). The minimum Gasteiger partial charge on any atom is -0.461 e. The number of ether oxygens (including phenoxy) is 1. The number of furan rings is 1. The Morgan fingerprint density at radius 2 is 2.19 bits per heavy atom. The van der Waals surface area contributed by atoms with Crippen LogP contribution in [0.15, 0.2) is 37.9 Å². The van der Waals surface area contributed by atoms with Crippen LogP contribution >= 0.6 is 0 Å². The van der Waals surface area contributed by atoms with Gasteiger partial charge in [-0.2, -0.15) is 0 Å². The zero-order valence-corrected chi connectivity index (χ0v) is 11.0. The minimum absolute atomic E-state index is 0.0624. The summed E-state index contributed by atoms with van der Waals surface area (Å²) in [6, 6.07) is 5.09. The molecule has 8 nitrogen and oxygen atoms in total. The molecular weight excluding hydrogens is 278 g/mol. The van der Waals surface area contributed by atoms with Crippen molar-refractivity contribution in [2.24, 2.45) is 0 Å². The number of aromatic nitrogens is 2. The number of nitrogens with two attached hydrogens (primary N) is 1. The van der Waals surface area contributed by atoms with Gasteiger partial charge in [-0.25, -0.2) is 4.79 Å². The molecular formula is C13H11N3O5. The first-order valence-corrected chi connectivity index (χ1v) is 6.03. The van der Waals surface area contributed by atoms with E-state index in [1.54, 1.807) is 25.1 Å². The maximum absolute atomic E-state index is 11.9. The highest BCUT2D eigenvalue weighted by Crippen LogP contribution is 2.21. The molecule has 108 valence electrons. The molecule has 0 aromatic carbocycles. The lowest BCUT2D eigenvalue weighted by atomic mass is 10.2. The van der Waals surface area contributed by atoms with Gasteiger partial charge >= 0.3 is 5.97 Å². The van der Waals surface area contributed by atoms with E-state index in [2.05, 4.69) is 10.3 Å². The van der Waals surface area contributed by atoms with Crippen LogP contribution in [0.2, 0.25) is 0 Å². The normalized spacial score (nSPS) is 10.7. The summed E-state index contributed by atoms with van der Waals surface area (Å²) in [5, 5.41) is 7.37. The summed E-state index contributed by atoms with van der Waals surface area (Å²) in [6.07, 6.45) is 1.52. The third-order valence-corrected chi connectivity index (χ3v) is 2.77. The Kier molecular flexibility index (Phi) is 3.19. The summed E-state index contributed by atoms with van der Waals surface area (Å²) in [6.45, 7) is 1.54. The first kappa shape index (κ1) is 13.0. The number of carbonyl (C=O) groups excluding carboxylic acids is 1. The highest BCUT2D eigenvalue weighted by molar-refractivity contribution is 5.94. The number of hydrogen-bond acceptors (Lipinski definition) is 8. The van der Waals surface area contributed by atoms with E-state index >= 15 is 0 Å². The molecule has 3 aromatic rings. The maximum Gasteiger partial charge on any atom is 0.346 e. The van der Waals surface area contributed by atoms with Gasteiger partial charge in [0.2, 0.25) is 11.6 Å². The number of hydrogen-bond donors (Lipinski definition) is 1. The lowest BCUT2D eigenvalue weighted by Gasteiger charge is -2.00. The van der Waals surface area contributed by atoms with Crippen LogP contribution in [0.25, 0.3) is 11.5 Å². The van der Waals surface area contributed by atoms with E-state index < -0.39 is 5.97 Å². The number of rotatable bonds is 4. The van der Waals surface area contributed by atoms with E-state index in [0.29, 0.717) is 22.9 Å². The van der Waals surface area contributed by atoms with Gasteiger partial charge in [0.25, 0.3) is 0 Å². The van der Waals surface area contributed by atoms with Gasteiger partial charge in [0.1, 0.15) is 17.9 Å². The molecule has 0 radical (unpaired) electrons. The third kappa shape index (κ3) is 2.50. The molecule has 0 aliphatic carbocycles. The standard InChI is InChI=1S/C13H11N3O5/c1-7-11(12(14)21-15-7)13(17)19-6-8-5-10(20-16-8)9-3-2-4-18-9/h2-5H,6,14H2,1H3. The maximum atomic E-state index is 11.9. The van der Waals surface area contributed by atoms with Gasteiger partial charge in [0, 0.05) is 6.07 Å². The second-order valence-electron chi connectivity index (χ2n) is 4.24. The van der Waals surface area contributed by atoms with Gasteiger partial charge in [0.05, 0.1) is 12.0 Å². The fourth-order valence-electron chi connectivity index (χ4n) is 1.76. The predicted molar refractivity (Wildman–Crippen MR) is 69.0 cm³/mol. The lowest BCUT2D eigenvalue weighted by Crippen LogP contribution is -2.08. The molecule has 0 fully saturated rings. The Balaban J connectivity index is 1.67. The lowest BCUT2D eigenvalue weighted by molar-refractivity contribution is 0.0464. The van der Waals surface area contributed by atoms with Crippen molar-refractivity contribution in [1.29, 1.82) is 0 Å². The minimum atomic E-state index is -0.631. The topological polar surface area (TPSA) is 118 Å². The van der Waals surface area contributed by atoms with Gasteiger partial charge in [0.15, 0.2) is 5.76 Å². The van der Waals surface area contributed by atoms with Crippen LogP contribution in [-0.4, -0.2) is 16.3 Å². The van der Waals surface area contributed by atoms with Crippen molar-refractivity contribution in [1.82, 2.24) is 10.3 Å². The van der Waals surface area contributed by atoms with Crippen LogP contribution in [-0.2, 0) is 11.3 Å². The fraction of sp³-hybridized carbons (Fsp3) is 0.154. The summed E-state index contributed by atoms with van der Waals surface area (Å²) in [5.41, 5.74) is 6.43. The number of nitrogens with zero attached hydrogens (tertiary/aromatic N) is 2. The highest BCUT2D eigenvalue weighted by Gasteiger charge is 2.20. The Morgan fingerprint density at radius 1 is 1.33 bits per heavy atom. The van der Waals surface area contributed by atoms with E-state index in [1.807, 2.05) is 0 Å². The fourth-order valence-corrected chi connectivity index (χ4v) is 1.76. The molecule has 3 aromatic heterocycles. The molecule has 0 aliphatic heterocycles. The van der Waals surface area contributed by atoms with Gasteiger partial charge in [-0.15, -0.1) is 0 Å². The van der Waals surface area contributed by atoms with Crippen LogP contribution in [0.3, 0.4) is 0 Å². The van der Waals surface area contributed by atoms with Crippen LogP contribution in [0.4, 0.5) is 5.88 Å².